The van der Waals surface area contributed by atoms with Crippen molar-refractivity contribution in [1.29, 1.82) is 5.26 Å². The number of amides is 1. The Balaban J connectivity index is 1.73. The lowest BCUT2D eigenvalue weighted by atomic mass is 10.1. The second kappa shape index (κ2) is 10.3. The minimum absolute atomic E-state index is 0.00290. The fourth-order valence-electron chi connectivity index (χ4n) is 2.69. The highest BCUT2D eigenvalue weighted by Crippen LogP contribution is 2.25. The van der Waals surface area contributed by atoms with Gasteiger partial charge in [0.15, 0.2) is 0 Å². The second-order valence-corrected chi connectivity index (χ2v) is 8.15. The molecule has 150 valence electrons. The van der Waals surface area contributed by atoms with Crippen molar-refractivity contribution in [2.24, 2.45) is 0 Å². The number of hydrogen-bond acceptors (Lipinski definition) is 3. The zero-order chi connectivity index (χ0) is 21.5. The van der Waals surface area contributed by atoms with Crippen LogP contribution in [0.4, 0.5) is 5.69 Å². The molecule has 0 aliphatic heterocycles. The van der Waals surface area contributed by atoms with Crippen molar-refractivity contribution in [1.82, 2.24) is 0 Å². The predicted octanol–water partition coefficient (Wildman–Crippen LogP) is 6.38. The van der Waals surface area contributed by atoms with E-state index in [0.717, 1.165) is 26.0 Å². The third kappa shape index (κ3) is 5.85. The number of carbonyl (C=O) groups excluding carboxylic acids is 1. The normalized spacial score (nSPS) is 10.9. The van der Waals surface area contributed by atoms with Crippen LogP contribution in [-0.2, 0) is 11.4 Å². The number of rotatable bonds is 6. The molecule has 3 rings (SSSR count). The summed E-state index contributed by atoms with van der Waals surface area (Å²) in [6.45, 7) is 2.33. The van der Waals surface area contributed by atoms with Crippen LogP contribution in [0.15, 0.2) is 72.3 Å². The van der Waals surface area contributed by atoms with Crippen molar-refractivity contribution in [3.05, 3.63) is 97.6 Å². The van der Waals surface area contributed by atoms with Gasteiger partial charge >= 0.3 is 0 Å². The van der Waals surface area contributed by atoms with E-state index in [1.165, 1.54) is 0 Å². The highest BCUT2D eigenvalue weighted by Gasteiger charge is 2.12. The number of carbonyl (C=O) groups is 1. The molecule has 0 saturated heterocycles. The van der Waals surface area contributed by atoms with Gasteiger partial charge in [0.25, 0.3) is 5.91 Å². The average molecular weight is 529 g/mol. The molecule has 0 bridgehead atoms. The van der Waals surface area contributed by atoms with E-state index < -0.39 is 5.91 Å². The molecule has 0 atom stereocenters. The molecule has 0 spiro atoms. The Hall–Kier alpha value is -2.82. The Labute approximate surface area is 194 Å². The van der Waals surface area contributed by atoms with Gasteiger partial charge in [-0.2, -0.15) is 5.26 Å². The van der Waals surface area contributed by atoms with Gasteiger partial charge in [-0.15, -0.1) is 0 Å². The van der Waals surface area contributed by atoms with E-state index in [1.54, 1.807) is 18.2 Å². The van der Waals surface area contributed by atoms with Crippen LogP contribution in [-0.4, -0.2) is 5.91 Å². The van der Waals surface area contributed by atoms with Crippen LogP contribution in [0.3, 0.4) is 0 Å². The van der Waals surface area contributed by atoms with E-state index in [4.69, 9.17) is 16.3 Å². The van der Waals surface area contributed by atoms with Crippen molar-refractivity contribution in [2.45, 2.75) is 13.5 Å². The summed E-state index contributed by atoms with van der Waals surface area (Å²) in [5.74, 6) is 0.261. The zero-order valence-corrected chi connectivity index (χ0v) is 19.1. The number of ether oxygens (including phenoxy) is 1. The highest BCUT2D eigenvalue weighted by molar-refractivity contribution is 14.1. The standard InChI is InChI=1S/C24H18ClIN2O2/c1-16-7-9-20(25)13-22(16)28-24(29)19(14-27)11-18-8-10-23(21(26)12-18)30-15-17-5-3-2-4-6-17/h2-13H,15H2,1H3,(H,28,29)/b19-11+. The molecule has 30 heavy (non-hydrogen) atoms. The maximum absolute atomic E-state index is 12.6. The number of nitrogens with one attached hydrogen (secondary N) is 1. The topological polar surface area (TPSA) is 62.1 Å². The second-order valence-electron chi connectivity index (χ2n) is 6.55. The first-order valence-electron chi connectivity index (χ1n) is 9.12. The monoisotopic (exact) mass is 528 g/mol. The molecule has 1 amide bonds. The van der Waals surface area contributed by atoms with Crippen molar-refractivity contribution in [2.75, 3.05) is 5.32 Å². The molecule has 0 aliphatic carbocycles. The summed E-state index contributed by atoms with van der Waals surface area (Å²) in [4.78, 5) is 12.6. The van der Waals surface area contributed by atoms with Crippen LogP contribution >= 0.6 is 34.2 Å². The van der Waals surface area contributed by atoms with Crippen LogP contribution < -0.4 is 10.1 Å². The Morgan fingerprint density at radius 3 is 2.63 bits per heavy atom. The van der Waals surface area contributed by atoms with Gasteiger partial charge in [-0.1, -0.05) is 54.1 Å². The van der Waals surface area contributed by atoms with Crippen LogP contribution in [0.5, 0.6) is 5.75 Å². The molecular weight excluding hydrogens is 511 g/mol. The molecule has 0 aromatic heterocycles. The lowest BCUT2D eigenvalue weighted by Gasteiger charge is -2.10. The Kier molecular flexibility index (Phi) is 7.50. The fourth-order valence-corrected chi connectivity index (χ4v) is 3.56. The highest BCUT2D eigenvalue weighted by atomic mass is 127. The van der Waals surface area contributed by atoms with Gasteiger partial charge < -0.3 is 10.1 Å². The molecule has 0 fully saturated rings. The summed E-state index contributed by atoms with van der Waals surface area (Å²) in [5.41, 5.74) is 3.26. The lowest BCUT2D eigenvalue weighted by molar-refractivity contribution is -0.112. The van der Waals surface area contributed by atoms with Crippen LogP contribution in [0, 0.1) is 21.8 Å². The molecule has 0 radical (unpaired) electrons. The van der Waals surface area contributed by atoms with Gasteiger partial charge in [-0.3, -0.25) is 4.79 Å². The predicted molar refractivity (Wildman–Crippen MR) is 128 cm³/mol. The third-order valence-corrected chi connectivity index (χ3v) is 5.40. The molecule has 1 N–H and O–H groups in total. The summed E-state index contributed by atoms with van der Waals surface area (Å²) >= 11 is 8.18. The summed E-state index contributed by atoms with van der Waals surface area (Å²) in [7, 11) is 0. The van der Waals surface area contributed by atoms with E-state index in [-0.39, 0.29) is 5.57 Å². The fraction of sp³-hybridized carbons (Fsp3) is 0.0833. The molecular formula is C24H18ClIN2O2. The molecule has 3 aromatic carbocycles. The van der Waals surface area contributed by atoms with Gasteiger partial charge in [-0.05, 0) is 76.5 Å². The molecule has 0 aliphatic rings. The van der Waals surface area contributed by atoms with E-state index in [0.29, 0.717) is 17.3 Å². The summed E-state index contributed by atoms with van der Waals surface area (Å²) < 4.78 is 6.76. The SMILES string of the molecule is Cc1ccc(Cl)cc1NC(=O)/C(C#N)=C/c1ccc(OCc2ccccc2)c(I)c1. The third-order valence-electron chi connectivity index (χ3n) is 4.32. The minimum atomic E-state index is -0.484. The lowest BCUT2D eigenvalue weighted by Crippen LogP contribution is -2.14. The van der Waals surface area contributed by atoms with Gasteiger partial charge in [0.2, 0.25) is 0 Å². The summed E-state index contributed by atoms with van der Waals surface area (Å²) in [6, 6.07) is 22.6. The maximum atomic E-state index is 12.6. The van der Waals surface area contributed by atoms with Crippen molar-refractivity contribution >= 4 is 51.9 Å². The maximum Gasteiger partial charge on any atom is 0.266 e. The Bertz CT molecular complexity index is 1140. The number of halogens is 2. The van der Waals surface area contributed by atoms with E-state index >= 15 is 0 Å². The zero-order valence-electron chi connectivity index (χ0n) is 16.2. The van der Waals surface area contributed by atoms with Crippen LogP contribution in [0.2, 0.25) is 5.02 Å². The number of aryl methyl sites for hydroxylation is 1. The summed E-state index contributed by atoms with van der Waals surface area (Å²) in [6.07, 6.45) is 1.55. The largest absolute Gasteiger partial charge is 0.488 e. The molecule has 4 nitrogen and oxygen atoms in total. The van der Waals surface area contributed by atoms with Crippen LogP contribution in [0.25, 0.3) is 6.08 Å². The van der Waals surface area contributed by atoms with Crippen LogP contribution in [0.1, 0.15) is 16.7 Å². The first-order chi connectivity index (χ1) is 14.5. The summed E-state index contributed by atoms with van der Waals surface area (Å²) in [5, 5.41) is 12.7. The molecule has 6 heteroatoms. The van der Waals surface area contributed by atoms with E-state index in [2.05, 4.69) is 27.9 Å². The quantitative estimate of drug-likeness (QED) is 0.229. The van der Waals surface area contributed by atoms with Gasteiger partial charge in [0, 0.05) is 10.7 Å². The molecule has 3 aromatic rings. The molecule has 0 unspecified atom stereocenters. The number of anilines is 1. The minimum Gasteiger partial charge on any atom is -0.488 e. The number of benzene rings is 3. The first kappa shape index (κ1) is 21.9. The number of nitriles is 1. The Morgan fingerprint density at radius 2 is 1.93 bits per heavy atom. The number of hydrogen-bond donors (Lipinski definition) is 1. The average Bonchev–Trinajstić information content (AvgIpc) is 2.74. The van der Waals surface area contributed by atoms with Crippen molar-refractivity contribution < 1.29 is 9.53 Å². The molecule has 0 saturated carbocycles. The number of nitrogens with zero attached hydrogens (tertiary/aromatic N) is 1. The van der Waals surface area contributed by atoms with Gasteiger partial charge in [0.1, 0.15) is 24.0 Å². The molecule has 0 heterocycles. The van der Waals surface area contributed by atoms with E-state index in [1.807, 2.05) is 67.6 Å². The smallest absolute Gasteiger partial charge is 0.266 e. The van der Waals surface area contributed by atoms with E-state index in [9.17, 15) is 10.1 Å². The van der Waals surface area contributed by atoms with Crippen molar-refractivity contribution in [3.8, 4) is 11.8 Å². The Morgan fingerprint density at radius 1 is 1.17 bits per heavy atom. The van der Waals surface area contributed by atoms with Crippen molar-refractivity contribution in [3.63, 3.8) is 0 Å². The first-order valence-corrected chi connectivity index (χ1v) is 10.6. The van der Waals surface area contributed by atoms with Gasteiger partial charge in [-0.25, -0.2) is 0 Å². The van der Waals surface area contributed by atoms with Gasteiger partial charge in [0.05, 0.1) is 3.57 Å².